The molecule has 0 aliphatic carbocycles. The summed E-state index contributed by atoms with van der Waals surface area (Å²) in [5.41, 5.74) is 0.797. The Morgan fingerprint density at radius 3 is 2.41 bits per heavy atom. The summed E-state index contributed by atoms with van der Waals surface area (Å²) >= 11 is 0. The highest BCUT2D eigenvalue weighted by atomic mass is 16.6. The predicted octanol–water partition coefficient (Wildman–Crippen LogP) is 3.29. The average Bonchev–Trinajstić information content (AvgIpc) is 3.19. The van der Waals surface area contributed by atoms with Crippen molar-refractivity contribution in [3.8, 4) is 0 Å². The zero-order valence-electron chi connectivity index (χ0n) is 16.6. The lowest BCUT2D eigenvalue weighted by molar-refractivity contribution is -0.402. The van der Waals surface area contributed by atoms with E-state index in [9.17, 15) is 19.7 Å². The summed E-state index contributed by atoms with van der Waals surface area (Å²) in [4.78, 5) is 36.8. The minimum absolute atomic E-state index is 0.182. The quantitative estimate of drug-likeness (QED) is 0.440. The molecule has 0 unspecified atom stereocenters. The van der Waals surface area contributed by atoms with E-state index in [2.05, 4.69) is 29.4 Å². The van der Waals surface area contributed by atoms with Gasteiger partial charge < -0.3 is 20.0 Å². The van der Waals surface area contributed by atoms with Crippen LogP contribution in [0.1, 0.15) is 47.6 Å². The number of amides is 2. The first-order chi connectivity index (χ1) is 13.9. The van der Waals surface area contributed by atoms with Gasteiger partial charge in [0.05, 0.1) is 6.07 Å². The Labute approximate surface area is 169 Å². The maximum atomic E-state index is 12.4. The van der Waals surface area contributed by atoms with Crippen molar-refractivity contribution < 1.29 is 18.9 Å². The Morgan fingerprint density at radius 2 is 1.79 bits per heavy atom. The molecule has 1 heterocycles. The third-order valence-electron chi connectivity index (χ3n) is 4.17. The summed E-state index contributed by atoms with van der Waals surface area (Å²) in [5, 5.41) is 16.1. The number of benzene rings is 1. The first kappa shape index (κ1) is 22.1. The van der Waals surface area contributed by atoms with Crippen molar-refractivity contribution in [2.24, 2.45) is 0 Å². The Morgan fingerprint density at radius 1 is 1.07 bits per heavy atom. The number of rotatable bonds is 11. The molecule has 29 heavy (non-hydrogen) atoms. The van der Waals surface area contributed by atoms with Crippen molar-refractivity contribution >= 4 is 23.4 Å². The molecule has 1 aromatic heterocycles. The van der Waals surface area contributed by atoms with Crippen molar-refractivity contribution in [1.29, 1.82) is 0 Å². The van der Waals surface area contributed by atoms with Crippen LogP contribution >= 0.6 is 0 Å². The Balaban J connectivity index is 1.93. The molecule has 0 saturated carbocycles. The Kier molecular flexibility index (Phi) is 8.35. The third kappa shape index (κ3) is 6.72. The normalized spacial score (nSPS) is 10.7. The summed E-state index contributed by atoms with van der Waals surface area (Å²) in [5.74, 6) is -1.56. The van der Waals surface area contributed by atoms with Gasteiger partial charge in [0, 0.05) is 24.3 Å². The van der Waals surface area contributed by atoms with E-state index in [1.165, 1.54) is 6.07 Å². The minimum Gasteiger partial charge on any atom is -0.395 e. The van der Waals surface area contributed by atoms with Gasteiger partial charge in [0.15, 0.2) is 5.76 Å². The molecule has 0 atom stereocenters. The van der Waals surface area contributed by atoms with E-state index in [1.54, 1.807) is 24.3 Å². The number of carbonyl (C=O) groups is 2. The first-order valence-electron chi connectivity index (χ1n) is 9.60. The molecule has 9 heteroatoms. The molecular formula is C20H26N4O5. The van der Waals surface area contributed by atoms with E-state index in [4.69, 9.17) is 4.42 Å². The SMILES string of the molecule is CCCN(CCC)CCNC(=O)c1cccc(NC(=O)c2ccc([N+](=O)[O-])o2)c1. The molecule has 0 saturated heterocycles. The van der Waals surface area contributed by atoms with Crippen LogP contribution in [0.25, 0.3) is 0 Å². The van der Waals surface area contributed by atoms with E-state index in [0.29, 0.717) is 17.8 Å². The van der Waals surface area contributed by atoms with E-state index < -0.39 is 16.7 Å². The maximum absolute atomic E-state index is 12.4. The number of anilines is 1. The zero-order chi connectivity index (χ0) is 21.2. The van der Waals surface area contributed by atoms with Crippen LogP contribution < -0.4 is 10.6 Å². The van der Waals surface area contributed by atoms with Gasteiger partial charge in [-0.25, -0.2) is 0 Å². The summed E-state index contributed by atoms with van der Waals surface area (Å²) in [6.45, 7) is 7.56. The van der Waals surface area contributed by atoms with Crippen LogP contribution in [-0.4, -0.2) is 47.8 Å². The molecule has 2 aromatic rings. The number of hydrogen-bond acceptors (Lipinski definition) is 6. The van der Waals surface area contributed by atoms with Gasteiger partial charge in [0.25, 0.3) is 11.8 Å². The second-order valence-corrected chi connectivity index (χ2v) is 6.53. The van der Waals surface area contributed by atoms with E-state index in [1.807, 2.05) is 0 Å². The molecule has 0 radical (unpaired) electrons. The van der Waals surface area contributed by atoms with Gasteiger partial charge in [-0.1, -0.05) is 19.9 Å². The molecule has 2 amide bonds. The standard InChI is InChI=1S/C20H26N4O5/c1-3-11-23(12-4-2)13-10-21-19(25)15-6-5-7-16(14-15)22-20(26)17-8-9-18(29-17)24(27)28/h5-9,14H,3-4,10-13H2,1-2H3,(H,21,25)(H,22,26). The highest BCUT2D eigenvalue weighted by molar-refractivity contribution is 6.03. The minimum atomic E-state index is -0.718. The molecule has 2 rings (SSSR count). The number of nitrogens with zero attached hydrogens (tertiary/aromatic N) is 2. The smallest absolute Gasteiger partial charge is 0.395 e. The van der Waals surface area contributed by atoms with Crippen LogP contribution in [0, 0.1) is 10.1 Å². The fourth-order valence-electron chi connectivity index (χ4n) is 2.88. The summed E-state index contributed by atoms with van der Waals surface area (Å²) in [6.07, 6.45) is 2.13. The number of nitrogens with one attached hydrogen (secondary N) is 2. The molecule has 0 aliphatic rings. The fourth-order valence-corrected chi connectivity index (χ4v) is 2.88. The lowest BCUT2D eigenvalue weighted by Crippen LogP contribution is -2.35. The lowest BCUT2D eigenvalue weighted by atomic mass is 10.2. The van der Waals surface area contributed by atoms with Crippen LogP contribution in [0.5, 0.6) is 0 Å². The number of furan rings is 1. The monoisotopic (exact) mass is 402 g/mol. The maximum Gasteiger partial charge on any atom is 0.433 e. The van der Waals surface area contributed by atoms with Crippen molar-refractivity contribution in [3.05, 3.63) is 57.8 Å². The van der Waals surface area contributed by atoms with Gasteiger partial charge in [0.1, 0.15) is 4.92 Å². The Hall–Kier alpha value is -3.20. The molecule has 0 aliphatic heterocycles. The summed E-state index contributed by atoms with van der Waals surface area (Å²) in [6, 6.07) is 8.80. The van der Waals surface area contributed by atoms with Crippen molar-refractivity contribution in [3.63, 3.8) is 0 Å². The number of nitro groups is 1. The lowest BCUT2D eigenvalue weighted by Gasteiger charge is -2.20. The molecule has 0 fully saturated rings. The molecule has 2 N–H and O–H groups in total. The van der Waals surface area contributed by atoms with Crippen molar-refractivity contribution in [2.45, 2.75) is 26.7 Å². The summed E-state index contributed by atoms with van der Waals surface area (Å²) < 4.78 is 4.88. The fraction of sp³-hybridized carbons (Fsp3) is 0.400. The van der Waals surface area contributed by atoms with E-state index in [-0.39, 0.29) is 11.7 Å². The van der Waals surface area contributed by atoms with Gasteiger partial charge in [-0.3, -0.25) is 19.7 Å². The molecule has 9 nitrogen and oxygen atoms in total. The third-order valence-corrected chi connectivity index (χ3v) is 4.17. The average molecular weight is 402 g/mol. The van der Waals surface area contributed by atoms with Crippen LogP contribution in [0.3, 0.4) is 0 Å². The molecule has 156 valence electrons. The van der Waals surface area contributed by atoms with E-state index >= 15 is 0 Å². The zero-order valence-corrected chi connectivity index (χ0v) is 16.6. The number of carbonyl (C=O) groups excluding carboxylic acids is 2. The van der Waals surface area contributed by atoms with Gasteiger partial charge in [-0.2, -0.15) is 0 Å². The van der Waals surface area contributed by atoms with Crippen LogP contribution in [0.2, 0.25) is 0 Å². The van der Waals surface area contributed by atoms with Crippen LogP contribution in [0.15, 0.2) is 40.8 Å². The van der Waals surface area contributed by atoms with Gasteiger partial charge in [-0.15, -0.1) is 0 Å². The van der Waals surface area contributed by atoms with Crippen LogP contribution in [0.4, 0.5) is 11.6 Å². The summed E-state index contributed by atoms with van der Waals surface area (Å²) in [7, 11) is 0. The highest BCUT2D eigenvalue weighted by Gasteiger charge is 2.17. The Bertz CT molecular complexity index is 843. The molecule has 1 aromatic carbocycles. The van der Waals surface area contributed by atoms with E-state index in [0.717, 1.165) is 38.5 Å². The van der Waals surface area contributed by atoms with Crippen molar-refractivity contribution in [2.75, 3.05) is 31.5 Å². The number of hydrogen-bond donors (Lipinski definition) is 2. The predicted molar refractivity (Wildman–Crippen MR) is 109 cm³/mol. The topological polar surface area (TPSA) is 118 Å². The van der Waals surface area contributed by atoms with Crippen LogP contribution in [-0.2, 0) is 0 Å². The highest BCUT2D eigenvalue weighted by Crippen LogP contribution is 2.18. The van der Waals surface area contributed by atoms with Crippen molar-refractivity contribution in [1.82, 2.24) is 10.2 Å². The largest absolute Gasteiger partial charge is 0.433 e. The van der Waals surface area contributed by atoms with Gasteiger partial charge in [-0.05, 0) is 50.2 Å². The second kappa shape index (κ2) is 11.0. The van der Waals surface area contributed by atoms with Gasteiger partial charge in [0.2, 0.25) is 0 Å². The molecular weight excluding hydrogens is 376 g/mol. The first-order valence-corrected chi connectivity index (χ1v) is 9.60. The molecule has 0 bridgehead atoms. The second-order valence-electron chi connectivity index (χ2n) is 6.53. The van der Waals surface area contributed by atoms with Gasteiger partial charge >= 0.3 is 5.88 Å². The molecule has 0 spiro atoms.